The van der Waals surface area contributed by atoms with Crippen molar-refractivity contribution in [1.29, 1.82) is 0 Å². The Kier molecular flexibility index (Phi) is 3.01. The van der Waals surface area contributed by atoms with Gasteiger partial charge in [0.2, 0.25) is 0 Å². The van der Waals surface area contributed by atoms with Crippen molar-refractivity contribution in [2.45, 2.75) is 0 Å². The van der Waals surface area contributed by atoms with Gasteiger partial charge in [-0.3, -0.25) is 9.71 Å². The summed E-state index contributed by atoms with van der Waals surface area (Å²) in [5, 5.41) is 20.3. The van der Waals surface area contributed by atoms with Crippen LogP contribution in [0.1, 0.15) is 11.1 Å². The van der Waals surface area contributed by atoms with Crippen LogP contribution in [-0.4, -0.2) is 23.6 Å². The van der Waals surface area contributed by atoms with Crippen LogP contribution in [0.5, 0.6) is 11.5 Å². The third-order valence-electron chi connectivity index (χ3n) is 3.83. The zero-order valence-electron chi connectivity index (χ0n) is 12.3. The van der Waals surface area contributed by atoms with Crippen molar-refractivity contribution in [3.63, 3.8) is 0 Å². The number of phenolic OH excluding ortho intramolecular Hbond substituents is 2. The molecular formula is C17H12N2O4S. The molecule has 0 radical (unpaired) electrons. The topological polar surface area (TPSA) is 99.5 Å². The van der Waals surface area contributed by atoms with E-state index in [1.807, 2.05) is 0 Å². The molecule has 1 aromatic heterocycles. The maximum atomic E-state index is 12.4. The van der Waals surface area contributed by atoms with E-state index in [9.17, 15) is 18.6 Å². The summed E-state index contributed by atoms with van der Waals surface area (Å²) in [7, 11) is -3.74. The molecule has 3 aromatic rings. The van der Waals surface area contributed by atoms with Gasteiger partial charge in [0.15, 0.2) is 0 Å². The number of aromatic hydroxyl groups is 2. The molecule has 0 unspecified atom stereocenters. The summed E-state index contributed by atoms with van der Waals surface area (Å²) in [4.78, 5) is 4.21. The van der Waals surface area contributed by atoms with Crippen molar-refractivity contribution in [1.82, 2.24) is 4.98 Å². The lowest BCUT2D eigenvalue weighted by Gasteiger charge is -2.05. The summed E-state index contributed by atoms with van der Waals surface area (Å²) in [6.45, 7) is 0. The second-order valence-electron chi connectivity index (χ2n) is 5.45. The minimum atomic E-state index is -3.74. The van der Waals surface area contributed by atoms with Crippen LogP contribution in [-0.2, 0) is 10.0 Å². The van der Waals surface area contributed by atoms with Crippen molar-refractivity contribution < 1.29 is 18.6 Å². The molecule has 0 saturated carbocycles. The van der Waals surface area contributed by atoms with E-state index in [4.69, 9.17) is 0 Å². The Bertz CT molecular complexity index is 1120. The van der Waals surface area contributed by atoms with Gasteiger partial charge in [0, 0.05) is 23.2 Å². The normalized spacial score (nSPS) is 16.9. The number of aromatic nitrogens is 1. The van der Waals surface area contributed by atoms with Gasteiger partial charge in [0.25, 0.3) is 10.0 Å². The molecule has 1 aliphatic rings. The maximum Gasteiger partial charge on any atom is 0.262 e. The molecule has 0 bridgehead atoms. The molecule has 3 N–H and O–H groups in total. The molecule has 0 fully saturated rings. The van der Waals surface area contributed by atoms with Crippen LogP contribution >= 0.6 is 0 Å². The van der Waals surface area contributed by atoms with Crippen LogP contribution < -0.4 is 4.72 Å². The van der Waals surface area contributed by atoms with Crippen LogP contribution in [0, 0.1) is 0 Å². The number of nitrogens with one attached hydrogen (secondary N) is 1. The van der Waals surface area contributed by atoms with Gasteiger partial charge in [-0.05, 0) is 42.0 Å². The Morgan fingerprint density at radius 2 is 1.88 bits per heavy atom. The average molecular weight is 340 g/mol. The Balaban J connectivity index is 2.01. The van der Waals surface area contributed by atoms with Crippen LogP contribution in [0.15, 0.2) is 48.7 Å². The number of rotatable bonds is 1. The molecule has 0 spiro atoms. The predicted octanol–water partition coefficient (Wildman–Crippen LogP) is 2.90. The van der Waals surface area contributed by atoms with Gasteiger partial charge < -0.3 is 10.2 Å². The fourth-order valence-electron chi connectivity index (χ4n) is 2.78. The van der Waals surface area contributed by atoms with E-state index in [2.05, 4.69) is 9.71 Å². The molecule has 7 heteroatoms. The molecule has 120 valence electrons. The number of pyridine rings is 1. The first-order valence-electron chi connectivity index (χ1n) is 7.10. The van der Waals surface area contributed by atoms with Gasteiger partial charge in [0.1, 0.15) is 11.5 Å². The highest BCUT2D eigenvalue weighted by molar-refractivity contribution is 8.02. The van der Waals surface area contributed by atoms with Crippen molar-refractivity contribution in [3.05, 3.63) is 59.8 Å². The lowest BCUT2D eigenvalue weighted by molar-refractivity contribution is 0.475. The fraction of sp³-hybridized carbons (Fsp3) is 0. The minimum absolute atomic E-state index is 0.00691. The summed E-state index contributed by atoms with van der Waals surface area (Å²) in [5.41, 5.74) is 1.87. The van der Waals surface area contributed by atoms with E-state index >= 15 is 0 Å². The number of hydrogen-bond donors (Lipinski definition) is 3. The highest BCUT2D eigenvalue weighted by Crippen LogP contribution is 2.40. The second-order valence-corrected chi connectivity index (χ2v) is 7.10. The van der Waals surface area contributed by atoms with Crippen molar-refractivity contribution in [2.75, 3.05) is 4.72 Å². The number of benzene rings is 2. The van der Waals surface area contributed by atoms with E-state index in [0.717, 1.165) is 0 Å². The number of nitrogens with zero attached hydrogens (tertiary/aromatic N) is 1. The molecule has 2 aromatic carbocycles. The van der Waals surface area contributed by atoms with Crippen LogP contribution in [0.2, 0.25) is 0 Å². The van der Waals surface area contributed by atoms with E-state index in [0.29, 0.717) is 27.7 Å². The summed E-state index contributed by atoms with van der Waals surface area (Å²) < 4.78 is 27.3. The largest absolute Gasteiger partial charge is 0.508 e. The molecule has 0 aliphatic carbocycles. The fourth-order valence-corrected chi connectivity index (χ4v) is 4.10. The van der Waals surface area contributed by atoms with Gasteiger partial charge in [-0.2, -0.15) is 0 Å². The number of sulfonamides is 1. The Hall–Kier alpha value is -3.06. The Morgan fingerprint density at radius 3 is 2.71 bits per heavy atom. The van der Waals surface area contributed by atoms with E-state index in [1.54, 1.807) is 18.3 Å². The number of fused-ring (bicyclic) bond motifs is 2. The molecule has 24 heavy (non-hydrogen) atoms. The first-order chi connectivity index (χ1) is 11.4. The van der Waals surface area contributed by atoms with Crippen LogP contribution in [0.25, 0.3) is 21.9 Å². The van der Waals surface area contributed by atoms with Crippen molar-refractivity contribution in [3.8, 4) is 11.5 Å². The smallest absolute Gasteiger partial charge is 0.262 e. The van der Waals surface area contributed by atoms with Gasteiger partial charge in [-0.25, -0.2) is 8.42 Å². The molecular weight excluding hydrogens is 328 g/mol. The molecule has 4 rings (SSSR count). The monoisotopic (exact) mass is 340 g/mol. The third-order valence-corrected chi connectivity index (χ3v) is 5.23. The van der Waals surface area contributed by atoms with Crippen LogP contribution in [0.4, 0.5) is 5.69 Å². The molecule has 6 nitrogen and oxygen atoms in total. The van der Waals surface area contributed by atoms with Crippen molar-refractivity contribution in [2.24, 2.45) is 0 Å². The second kappa shape index (κ2) is 4.97. The average Bonchev–Trinajstić information content (AvgIpc) is 2.77. The summed E-state index contributed by atoms with van der Waals surface area (Å²) >= 11 is 0. The highest BCUT2D eigenvalue weighted by atomic mass is 32.2. The van der Waals surface area contributed by atoms with Gasteiger partial charge in [-0.1, -0.05) is 6.07 Å². The summed E-state index contributed by atoms with van der Waals surface area (Å²) in [6, 6.07) is 10.8. The first-order valence-corrected chi connectivity index (χ1v) is 8.58. The molecule has 0 amide bonds. The quantitative estimate of drug-likeness (QED) is 0.592. The molecule has 2 heterocycles. The predicted molar refractivity (Wildman–Crippen MR) is 91.9 cm³/mol. The van der Waals surface area contributed by atoms with E-state index < -0.39 is 10.0 Å². The number of hydrogen-bond acceptors (Lipinski definition) is 5. The highest BCUT2D eigenvalue weighted by Gasteiger charge is 2.30. The summed E-state index contributed by atoms with van der Waals surface area (Å²) in [6.07, 6.45) is 3.07. The van der Waals surface area contributed by atoms with Crippen LogP contribution in [0.3, 0.4) is 0 Å². The standard InChI is InChI=1S/C17H12N2O4S/c20-11-3-4-15-14(8-11)17(24(22,23)19-15)7-10-6-12(21)9-16-13(10)2-1-5-18-16/h1-9,19-21H. The van der Waals surface area contributed by atoms with E-state index in [-0.39, 0.29) is 16.4 Å². The van der Waals surface area contributed by atoms with Gasteiger partial charge in [0.05, 0.1) is 16.1 Å². The SMILES string of the molecule is O=S1(=O)Nc2ccc(O)cc2C1=Cc1cc(O)cc2ncccc12. The summed E-state index contributed by atoms with van der Waals surface area (Å²) in [5.74, 6) is -0.0338. The molecule has 0 saturated heterocycles. The Labute approximate surface area is 137 Å². The lowest BCUT2D eigenvalue weighted by Crippen LogP contribution is -2.05. The van der Waals surface area contributed by atoms with Gasteiger partial charge in [-0.15, -0.1) is 0 Å². The van der Waals surface area contributed by atoms with Gasteiger partial charge >= 0.3 is 0 Å². The Morgan fingerprint density at radius 1 is 1.04 bits per heavy atom. The molecule has 1 aliphatic heterocycles. The number of anilines is 1. The third kappa shape index (κ3) is 2.26. The molecule has 0 atom stereocenters. The van der Waals surface area contributed by atoms with Crippen molar-refractivity contribution >= 4 is 37.6 Å². The number of phenols is 2. The minimum Gasteiger partial charge on any atom is -0.508 e. The first kappa shape index (κ1) is 14.5. The zero-order valence-corrected chi connectivity index (χ0v) is 13.1. The zero-order chi connectivity index (χ0) is 16.9. The lowest BCUT2D eigenvalue weighted by atomic mass is 10.1. The van der Waals surface area contributed by atoms with E-state index in [1.165, 1.54) is 36.4 Å². The maximum absolute atomic E-state index is 12.4.